The Morgan fingerprint density at radius 3 is 2.56 bits per heavy atom. The Kier molecular flexibility index (Phi) is 5.23. The Morgan fingerprint density at radius 1 is 1.00 bits per heavy atom. The van der Waals surface area contributed by atoms with Crippen LogP contribution >= 0.6 is 0 Å². The Morgan fingerprint density at radius 2 is 1.76 bits per heavy atom. The smallest absolute Gasteiger partial charge is 0.231 e. The van der Waals surface area contributed by atoms with E-state index in [0.717, 1.165) is 5.56 Å². The number of fused-ring (bicyclic) bond motifs is 1. The summed E-state index contributed by atoms with van der Waals surface area (Å²) >= 11 is 0. The van der Waals surface area contributed by atoms with Crippen LogP contribution < -0.4 is 18.9 Å². The maximum atomic E-state index is 12.4. The molecule has 1 heterocycles. The van der Waals surface area contributed by atoms with Crippen molar-refractivity contribution in [1.29, 1.82) is 0 Å². The molecule has 0 fully saturated rings. The van der Waals surface area contributed by atoms with Gasteiger partial charge in [0.15, 0.2) is 28.8 Å². The minimum atomic E-state index is -0.106. The quantitative estimate of drug-likeness (QED) is 0.561. The van der Waals surface area contributed by atoms with Crippen molar-refractivity contribution in [3.05, 3.63) is 53.6 Å². The van der Waals surface area contributed by atoms with E-state index in [4.69, 9.17) is 18.9 Å². The molecule has 0 unspecified atom stereocenters. The van der Waals surface area contributed by atoms with Crippen LogP contribution in [0.25, 0.3) is 6.08 Å². The van der Waals surface area contributed by atoms with Gasteiger partial charge in [-0.15, -0.1) is 0 Å². The molecule has 25 heavy (non-hydrogen) atoms. The topological polar surface area (TPSA) is 54.0 Å². The van der Waals surface area contributed by atoms with Gasteiger partial charge in [-0.1, -0.05) is 12.1 Å². The lowest BCUT2D eigenvalue weighted by atomic mass is 10.1. The zero-order valence-electron chi connectivity index (χ0n) is 14.3. The molecule has 2 aromatic rings. The Labute approximate surface area is 146 Å². The van der Waals surface area contributed by atoms with Gasteiger partial charge in [0, 0.05) is 5.56 Å². The molecule has 0 saturated carbocycles. The molecule has 0 bridgehead atoms. The highest BCUT2D eigenvalue weighted by molar-refractivity contribution is 6.07. The number of benzene rings is 2. The molecule has 5 nitrogen and oxygen atoms in total. The summed E-state index contributed by atoms with van der Waals surface area (Å²) in [5.41, 5.74) is 1.41. The predicted octanol–water partition coefficient (Wildman–Crippen LogP) is 4.11. The molecule has 5 heteroatoms. The molecule has 0 radical (unpaired) electrons. The van der Waals surface area contributed by atoms with Crippen molar-refractivity contribution in [3.63, 3.8) is 0 Å². The van der Waals surface area contributed by atoms with Gasteiger partial charge in [0.05, 0.1) is 13.2 Å². The van der Waals surface area contributed by atoms with Crippen molar-refractivity contribution in [1.82, 2.24) is 0 Å². The monoisotopic (exact) mass is 340 g/mol. The van der Waals surface area contributed by atoms with E-state index in [9.17, 15) is 4.79 Å². The number of hydrogen-bond acceptors (Lipinski definition) is 5. The molecule has 2 aromatic carbocycles. The third kappa shape index (κ3) is 3.94. The summed E-state index contributed by atoms with van der Waals surface area (Å²) in [7, 11) is 0. The second-order valence-corrected chi connectivity index (χ2v) is 5.34. The van der Waals surface area contributed by atoms with Crippen LogP contribution in [0, 0.1) is 0 Å². The van der Waals surface area contributed by atoms with Crippen LogP contribution in [-0.2, 0) is 0 Å². The summed E-state index contributed by atoms with van der Waals surface area (Å²) < 4.78 is 21.7. The van der Waals surface area contributed by atoms with E-state index < -0.39 is 0 Å². The number of rotatable bonds is 7. The van der Waals surface area contributed by atoms with E-state index >= 15 is 0 Å². The molecule has 0 N–H and O–H groups in total. The lowest BCUT2D eigenvalue weighted by molar-refractivity contribution is 0.104. The van der Waals surface area contributed by atoms with E-state index in [-0.39, 0.29) is 12.6 Å². The maximum Gasteiger partial charge on any atom is 0.231 e. The fraction of sp³-hybridized carbons (Fsp3) is 0.250. The number of allylic oxidation sites excluding steroid dienone is 1. The minimum absolute atomic E-state index is 0.106. The molecule has 0 amide bonds. The molecule has 0 aliphatic carbocycles. The van der Waals surface area contributed by atoms with Crippen LogP contribution in [0.1, 0.15) is 29.8 Å². The van der Waals surface area contributed by atoms with E-state index in [1.54, 1.807) is 24.3 Å². The molecular weight excluding hydrogens is 320 g/mol. The molecule has 0 saturated heterocycles. The van der Waals surface area contributed by atoms with Crippen molar-refractivity contribution in [2.45, 2.75) is 13.8 Å². The molecule has 0 spiro atoms. The zero-order chi connectivity index (χ0) is 17.6. The molecule has 1 aliphatic rings. The molecule has 1 aliphatic heterocycles. The molecule has 0 aromatic heterocycles. The average Bonchev–Trinajstić information content (AvgIpc) is 3.09. The van der Waals surface area contributed by atoms with Crippen molar-refractivity contribution >= 4 is 11.9 Å². The number of carbonyl (C=O) groups excluding carboxylic acids is 1. The lowest BCUT2D eigenvalue weighted by Gasteiger charge is -2.11. The average molecular weight is 340 g/mol. The van der Waals surface area contributed by atoms with Crippen molar-refractivity contribution < 1.29 is 23.7 Å². The van der Waals surface area contributed by atoms with Crippen molar-refractivity contribution in [2.75, 3.05) is 20.0 Å². The summed E-state index contributed by atoms with van der Waals surface area (Å²) in [4.78, 5) is 12.4. The predicted molar refractivity (Wildman–Crippen MR) is 94.7 cm³/mol. The normalized spacial score (nSPS) is 12.4. The highest BCUT2D eigenvalue weighted by Gasteiger charge is 2.15. The van der Waals surface area contributed by atoms with Gasteiger partial charge in [-0.2, -0.15) is 0 Å². The van der Waals surface area contributed by atoms with Crippen LogP contribution in [0.5, 0.6) is 23.0 Å². The van der Waals surface area contributed by atoms with Crippen LogP contribution in [0.3, 0.4) is 0 Å². The van der Waals surface area contributed by atoms with Crippen LogP contribution in [0.4, 0.5) is 0 Å². The molecule has 3 rings (SSSR count). The summed E-state index contributed by atoms with van der Waals surface area (Å²) in [6, 6.07) is 10.8. The van der Waals surface area contributed by atoms with Gasteiger partial charge in [0.1, 0.15) is 0 Å². The fourth-order valence-corrected chi connectivity index (χ4v) is 2.49. The van der Waals surface area contributed by atoms with E-state index in [1.165, 1.54) is 6.08 Å². The van der Waals surface area contributed by atoms with E-state index in [2.05, 4.69) is 0 Å². The maximum absolute atomic E-state index is 12.4. The first-order chi connectivity index (χ1) is 12.2. The van der Waals surface area contributed by atoms with Gasteiger partial charge in [-0.3, -0.25) is 4.79 Å². The second kappa shape index (κ2) is 7.75. The van der Waals surface area contributed by atoms with E-state index in [1.807, 2.05) is 32.0 Å². The van der Waals surface area contributed by atoms with Crippen molar-refractivity contribution in [2.24, 2.45) is 0 Å². The highest BCUT2D eigenvalue weighted by atomic mass is 16.7. The minimum Gasteiger partial charge on any atom is -0.490 e. The Balaban J connectivity index is 1.76. The highest BCUT2D eigenvalue weighted by Crippen LogP contribution is 2.33. The van der Waals surface area contributed by atoms with Crippen molar-refractivity contribution in [3.8, 4) is 23.0 Å². The number of hydrogen-bond donors (Lipinski definition) is 0. The van der Waals surface area contributed by atoms with Crippen LogP contribution in [-0.4, -0.2) is 25.8 Å². The summed E-state index contributed by atoms with van der Waals surface area (Å²) in [5.74, 6) is 2.52. The first-order valence-electron chi connectivity index (χ1n) is 8.23. The standard InChI is InChI=1S/C20H20O5/c1-3-22-17-9-6-14(11-19(17)23-4-2)5-8-16(21)15-7-10-18-20(12-15)25-13-24-18/h5-12H,3-4,13H2,1-2H3. The Hall–Kier alpha value is -2.95. The third-order valence-electron chi connectivity index (χ3n) is 3.65. The SMILES string of the molecule is CCOc1ccc(C=CC(=O)c2ccc3c(c2)OCO3)cc1OCC. The van der Waals surface area contributed by atoms with Crippen LogP contribution in [0.2, 0.25) is 0 Å². The first-order valence-corrected chi connectivity index (χ1v) is 8.23. The van der Waals surface area contributed by atoms with Gasteiger partial charge >= 0.3 is 0 Å². The third-order valence-corrected chi connectivity index (χ3v) is 3.65. The summed E-state index contributed by atoms with van der Waals surface area (Å²) in [5, 5.41) is 0. The number of ketones is 1. The van der Waals surface area contributed by atoms with Gasteiger partial charge in [0.2, 0.25) is 6.79 Å². The summed E-state index contributed by atoms with van der Waals surface area (Å²) in [6.45, 7) is 5.14. The largest absolute Gasteiger partial charge is 0.490 e. The first kappa shape index (κ1) is 16.9. The van der Waals surface area contributed by atoms with Gasteiger partial charge in [-0.25, -0.2) is 0 Å². The van der Waals surface area contributed by atoms with Gasteiger partial charge in [0.25, 0.3) is 0 Å². The lowest BCUT2D eigenvalue weighted by Crippen LogP contribution is -1.98. The Bertz CT molecular complexity index is 795. The second-order valence-electron chi connectivity index (χ2n) is 5.34. The number of carbonyl (C=O) groups is 1. The van der Waals surface area contributed by atoms with Crippen LogP contribution in [0.15, 0.2) is 42.5 Å². The zero-order valence-corrected chi connectivity index (χ0v) is 14.3. The summed E-state index contributed by atoms with van der Waals surface area (Å²) in [6.07, 6.45) is 3.29. The molecular formula is C20H20O5. The molecule has 130 valence electrons. The van der Waals surface area contributed by atoms with Gasteiger partial charge in [-0.05, 0) is 55.8 Å². The van der Waals surface area contributed by atoms with Gasteiger partial charge < -0.3 is 18.9 Å². The molecule has 0 atom stereocenters. The number of ether oxygens (including phenoxy) is 4. The fourth-order valence-electron chi connectivity index (χ4n) is 2.49. The van der Waals surface area contributed by atoms with E-state index in [0.29, 0.717) is 41.8 Å².